The summed E-state index contributed by atoms with van der Waals surface area (Å²) in [5.74, 6) is 1.12. The third-order valence-corrected chi connectivity index (χ3v) is 3.80. The molecule has 3 rings (SSSR count). The van der Waals surface area contributed by atoms with Gasteiger partial charge in [-0.3, -0.25) is 0 Å². The lowest BCUT2D eigenvalue weighted by Gasteiger charge is -2.37. The molecule has 1 saturated carbocycles. The minimum atomic E-state index is -0.642. The Morgan fingerprint density at radius 2 is 2.12 bits per heavy atom. The summed E-state index contributed by atoms with van der Waals surface area (Å²) in [5.41, 5.74) is 13.7. The van der Waals surface area contributed by atoms with Crippen molar-refractivity contribution in [3.05, 3.63) is 29.8 Å². The maximum atomic E-state index is 6.46. The minimum Gasteiger partial charge on any atom is -0.370 e. The van der Waals surface area contributed by atoms with Crippen molar-refractivity contribution in [1.82, 2.24) is 0 Å². The maximum Gasteiger partial charge on any atom is 0.195 e. The molecule has 17 heavy (non-hydrogen) atoms. The summed E-state index contributed by atoms with van der Waals surface area (Å²) in [6, 6.07) is 8.02. The molecule has 1 fully saturated rings. The van der Waals surface area contributed by atoms with Crippen molar-refractivity contribution < 1.29 is 0 Å². The number of para-hydroxylation sites is 1. The topological polar surface area (TPSA) is 76.4 Å². The van der Waals surface area contributed by atoms with Gasteiger partial charge in [0.25, 0.3) is 0 Å². The van der Waals surface area contributed by atoms with Crippen LogP contribution in [0.3, 0.4) is 0 Å². The van der Waals surface area contributed by atoms with E-state index in [1.165, 1.54) is 19.3 Å². The summed E-state index contributed by atoms with van der Waals surface area (Å²) < 4.78 is 0. The van der Waals surface area contributed by atoms with Gasteiger partial charge in [-0.15, -0.1) is 0 Å². The van der Waals surface area contributed by atoms with E-state index in [1.54, 1.807) is 0 Å². The molecule has 0 saturated heterocycles. The van der Waals surface area contributed by atoms with Crippen LogP contribution in [0.5, 0.6) is 0 Å². The third kappa shape index (κ3) is 1.78. The summed E-state index contributed by atoms with van der Waals surface area (Å²) in [6.45, 7) is 0. The van der Waals surface area contributed by atoms with Crippen LogP contribution in [0, 0.1) is 5.92 Å². The smallest absolute Gasteiger partial charge is 0.195 e. The average molecular weight is 230 g/mol. The molecular formula is C13H18N4. The van der Waals surface area contributed by atoms with Crippen LogP contribution in [0.15, 0.2) is 29.3 Å². The molecule has 4 heteroatoms. The van der Waals surface area contributed by atoms with E-state index in [0.717, 1.165) is 17.7 Å². The lowest BCUT2D eigenvalue weighted by molar-refractivity contribution is 0.229. The van der Waals surface area contributed by atoms with E-state index in [0.29, 0.717) is 11.9 Å². The summed E-state index contributed by atoms with van der Waals surface area (Å²) in [5, 5.41) is 3.07. The zero-order chi connectivity index (χ0) is 11.9. The second kappa shape index (κ2) is 3.74. The van der Waals surface area contributed by atoms with E-state index in [-0.39, 0.29) is 0 Å². The van der Waals surface area contributed by atoms with Gasteiger partial charge in [0.1, 0.15) is 5.66 Å². The Balaban J connectivity index is 1.97. The van der Waals surface area contributed by atoms with E-state index in [1.807, 2.05) is 24.3 Å². The molecule has 1 unspecified atom stereocenters. The fourth-order valence-corrected chi connectivity index (χ4v) is 2.70. The highest BCUT2D eigenvalue weighted by molar-refractivity contribution is 5.95. The molecule has 2 aliphatic rings. The Morgan fingerprint density at radius 1 is 1.35 bits per heavy atom. The number of hydrogen-bond donors (Lipinski definition) is 3. The summed E-state index contributed by atoms with van der Waals surface area (Å²) in [7, 11) is 0. The number of aliphatic imine (C=N–C) groups is 1. The van der Waals surface area contributed by atoms with Gasteiger partial charge >= 0.3 is 0 Å². The van der Waals surface area contributed by atoms with E-state index in [2.05, 4.69) is 10.3 Å². The zero-order valence-electron chi connectivity index (χ0n) is 9.82. The van der Waals surface area contributed by atoms with Crippen LogP contribution in [0.4, 0.5) is 5.69 Å². The first kappa shape index (κ1) is 10.6. The molecular weight excluding hydrogens is 212 g/mol. The average Bonchev–Trinajstić information content (AvgIpc) is 2.24. The summed E-state index contributed by atoms with van der Waals surface area (Å²) in [6.07, 6.45) is 4.75. The first-order valence-electron chi connectivity index (χ1n) is 6.18. The SMILES string of the molecule is NC1=NC(N)(CC2CCC2)c2ccccc2N1. The fraction of sp³-hybridized carbons (Fsp3) is 0.462. The number of benzene rings is 1. The molecule has 0 radical (unpaired) electrons. The van der Waals surface area contributed by atoms with Crippen molar-refractivity contribution in [2.75, 3.05) is 5.32 Å². The minimum absolute atomic E-state index is 0.422. The van der Waals surface area contributed by atoms with Crippen LogP contribution >= 0.6 is 0 Å². The van der Waals surface area contributed by atoms with Gasteiger partial charge in [-0.05, 0) is 18.4 Å². The lowest BCUT2D eigenvalue weighted by Crippen LogP contribution is -2.45. The molecule has 90 valence electrons. The Hall–Kier alpha value is -1.55. The van der Waals surface area contributed by atoms with Crippen molar-refractivity contribution in [2.45, 2.75) is 31.3 Å². The number of guanidine groups is 1. The normalized spacial score (nSPS) is 27.7. The summed E-state index contributed by atoms with van der Waals surface area (Å²) in [4.78, 5) is 4.44. The largest absolute Gasteiger partial charge is 0.370 e. The van der Waals surface area contributed by atoms with Gasteiger partial charge in [0.2, 0.25) is 0 Å². The van der Waals surface area contributed by atoms with E-state index in [9.17, 15) is 0 Å². The van der Waals surface area contributed by atoms with Crippen molar-refractivity contribution in [3.8, 4) is 0 Å². The maximum absolute atomic E-state index is 6.46. The van der Waals surface area contributed by atoms with Gasteiger partial charge < -0.3 is 16.8 Å². The number of hydrogen-bond acceptors (Lipinski definition) is 4. The monoisotopic (exact) mass is 230 g/mol. The highest BCUT2D eigenvalue weighted by atomic mass is 15.2. The predicted octanol–water partition coefficient (Wildman–Crippen LogP) is 1.73. The molecule has 1 heterocycles. The van der Waals surface area contributed by atoms with Crippen LogP contribution in [0.2, 0.25) is 0 Å². The fourth-order valence-electron chi connectivity index (χ4n) is 2.70. The predicted molar refractivity (Wildman–Crippen MR) is 69.5 cm³/mol. The van der Waals surface area contributed by atoms with Crippen molar-refractivity contribution in [2.24, 2.45) is 22.4 Å². The van der Waals surface area contributed by atoms with Crippen LogP contribution in [-0.2, 0) is 5.66 Å². The molecule has 1 aliphatic carbocycles. The Kier molecular flexibility index (Phi) is 2.33. The second-order valence-electron chi connectivity index (χ2n) is 5.09. The molecule has 0 spiro atoms. The van der Waals surface area contributed by atoms with Crippen LogP contribution < -0.4 is 16.8 Å². The van der Waals surface area contributed by atoms with E-state index in [4.69, 9.17) is 11.5 Å². The van der Waals surface area contributed by atoms with Crippen molar-refractivity contribution in [3.63, 3.8) is 0 Å². The number of nitrogens with zero attached hydrogens (tertiary/aromatic N) is 1. The molecule has 1 aromatic rings. The molecule has 0 amide bonds. The second-order valence-corrected chi connectivity index (χ2v) is 5.09. The first-order valence-corrected chi connectivity index (χ1v) is 6.18. The highest BCUT2D eigenvalue weighted by Crippen LogP contribution is 2.41. The number of nitrogens with two attached hydrogens (primary N) is 2. The zero-order valence-corrected chi connectivity index (χ0v) is 9.82. The molecule has 5 N–H and O–H groups in total. The Bertz CT molecular complexity index is 464. The molecule has 0 bridgehead atoms. The Morgan fingerprint density at radius 3 is 2.82 bits per heavy atom. The first-order chi connectivity index (χ1) is 8.17. The van der Waals surface area contributed by atoms with Gasteiger partial charge in [-0.1, -0.05) is 37.5 Å². The molecule has 1 aliphatic heterocycles. The number of anilines is 1. The van der Waals surface area contributed by atoms with Crippen molar-refractivity contribution >= 4 is 11.6 Å². The van der Waals surface area contributed by atoms with Gasteiger partial charge in [0.05, 0.1) is 0 Å². The van der Waals surface area contributed by atoms with Crippen LogP contribution in [-0.4, -0.2) is 5.96 Å². The standard InChI is InChI=1S/C13H18N4/c14-12-16-11-7-2-1-6-10(11)13(15,17-12)8-9-4-3-5-9/h1-2,6-7,9H,3-5,8,15H2,(H3,14,16,17). The van der Waals surface area contributed by atoms with Gasteiger partial charge in [0.15, 0.2) is 5.96 Å². The quantitative estimate of drug-likeness (QED) is 0.724. The Labute approximate surface area is 101 Å². The van der Waals surface area contributed by atoms with Gasteiger partial charge in [0, 0.05) is 11.3 Å². The lowest BCUT2D eigenvalue weighted by atomic mass is 9.77. The van der Waals surface area contributed by atoms with Gasteiger partial charge in [-0.25, -0.2) is 4.99 Å². The number of nitrogens with one attached hydrogen (secondary N) is 1. The molecule has 0 aromatic heterocycles. The number of fused-ring (bicyclic) bond motifs is 1. The number of rotatable bonds is 2. The molecule has 4 nitrogen and oxygen atoms in total. The molecule has 1 aromatic carbocycles. The van der Waals surface area contributed by atoms with E-state index < -0.39 is 5.66 Å². The van der Waals surface area contributed by atoms with Gasteiger partial charge in [-0.2, -0.15) is 0 Å². The third-order valence-electron chi connectivity index (χ3n) is 3.80. The summed E-state index contributed by atoms with van der Waals surface area (Å²) >= 11 is 0. The highest BCUT2D eigenvalue weighted by Gasteiger charge is 2.36. The molecule has 1 atom stereocenters. The van der Waals surface area contributed by atoms with Crippen LogP contribution in [0.1, 0.15) is 31.2 Å². The van der Waals surface area contributed by atoms with Crippen molar-refractivity contribution in [1.29, 1.82) is 0 Å². The van der Waals surface area contributed by atoms with Crippen LogP contribution in [0.25, 0.3) is 0 Å². The van der Waals surface area contributed by atoms with E-state index >= 15 is 0 Å².